The average molecular weight is 450 g/mol. The number of ether oxygens (including phenoxy) is 4. The second-order valence-electron chi connectivity index (χ2n) is 7.29. The first-order valence-electron chi connectivity index (χ1n) is 10.0. The number of hydrogen-bond acceptors (Lipinski definition) is 7. The van der Waals surface area contributed by atoms with Crippen molar-refractivity contribution in [1.29, 1.82) is 0 Å². The van der Waals surface area contributed by atoms with Crippen LogP contribution >= 0.6 is 0 Å². The number of benzene rings is 2. The summed E-state index contributed by atoms with van der Waals surface area (Å²) < 4.78 is 21.3. The van der Waals surface area contributed by atoms with Gasteiger partial charge >= 0.3 is 17.9 Å². The van der Waals surface area contributed by atoms with Crippen LogP contribution in [0, 0.1) is 0 Å². The molecule has 0 aliphatic carbocycles. The zero-order chi connectivity index (χ0) is 24.5. The zero-order valence-corrected chi connectivity index (χ0v) is 18.9. The normalized spacial score (nSPS) is 10.0. The van der Waals surface area contributed by atoms with Crippen molar-refractivity contribution in [2.75, 3.05) is 13.2 Å². The van der Waals surface area contributed by atoms with E-state index in [0.29, 0.717) is 17.1 Å². The number of esters is 3. The van der Waals surface area contributed by atoms with Gasteiger partial charge in [-0.3, -0.25) is 0 Å². The summed E-state index contributed by atoms with van der Waals surface area (Å²) in [6.45, 7) is 15.4. The first-order chi connectivity index (χ1) is 15.6. The summed E-state index contributed by atoms with van der Waals surface area (Å²) in [6, 6.07) is 11.9. The Bertz CT molecular complexity index is 1090. The van der Waals surface area contributed by atoms with Crippen LogP contribution in [0.5, 0.6) is 17.2 Å². The Morgan fingerprint density at radius 2 is 1.21 bits per heavy atom. The van der Waals surface area contributed by atoms with Crippen LogP contribution < -0.4 is 14.2 Å². The largest absolute Gasteiger partial charge is 0.486 e. The second kappa shape index (κ2) is 11.5. The van der Waals surface area contributed by atoms with Gasteiger partial charge in [0.2, 0.25) is 0 Å². The van der Waals surface area contributed by atoms with Gasteiger partial charge in [-0.25, -0.2) is 14.4 Å². The third-order valence-electron chi connectivity index (χ3n) is 4.16. The fourth-order valence-electron chi connectivity index (χ4n) is 2.39. The number of rotatable bonds is 10. The van der Waals surface area contributed by atoms with Crippen LogP contribution in [0.4, 0.5) is 0 Å². The van der Waals surface area contributed by atoms with Crippen LogP contribution in [0.15, 0.2) is 78.9 Å². The van der Waals surface area contributed by atoms with Gasteiger partial charge in [-0.1, -0.05) is 37.9 Å². The third-order valence-corrected chi connectivity index (χ3v) is 4.16. The van der Waals surface area contributed by atoms with Crippen molar-refractivity contribution >= 4 is 17.9 Å². The van der Waals surface area contributed by atoms with Gasteiger partial charge in [0.1, 0.15) is 19.0 Å². The van der Waals surface area contributed by atoms with Gasteiger partial charge in [-0.05, 0) is 56.2 Å². The standard InChI is InChI=1S/C26H26O7/c1-16(2)24(27)31-14-13-30-22-12-9-20(15-23(22)33-26(29)18(5)6)19-7-10-21(11-8-19)32-25(28)17(3)4/h7-12,15H,1,3,5,13-14H2,2,4,6H3. The van der Waals surface area contributed by atoms with E-state index in [-0.39, 0.29) is 30.1 Å². The van der Waals surface area contributed by atoms with Crippen LogP contribution in [0.1, 0.15) is 20.8 Å². The molecule has 0 unspecified atom stereocenters. The van der Waals surface area contributed by atoms with Crippen molar-refractivity contribution in [1.82, 2.24) is 0 Å². The fourth-order valence-corrected chi connectivity index (χ4v) is 2.39. The summed E-state index contributed by atoms with van der Waals surface area (Å²) in [5, 5.41) is 0. The van der Waals surface area contributed by atoms with Gasteiger partial charge in [0.25, 0.3) is 0 Å². The van der Waals surface area contributed by atoms with Gasteiger partial charge < -0.3 is 18.9 Å². The highest BCUT2D eigenvalue weighted by Gasteiger charge is 2.14. The van der Waals surface area contributed by atoms with Gasteiger partial charge in [-0.15, -0.1) is 0 Å². The van der Waals surface area contributed by atoms with Crippen molar-refractivity contribution in [2.45, 2.75) is 20.8 Å². The number of carbonyl (C=O) groups is 3. The molecular weight excluding hydrogens is 424 g/mol. The Kier molecular flexibility index (Phi) is 8.74. The summed E-state index contributed by atoms with van der Waals surface area (Å²) in [5.41, 5.74) is 2.34. The smallest absolute Gasteiger partial charge is 0.338 e. The lowest BCUT2D eigenvalue weighted by Crippen LogP contribution is -2.14. The minimum atomic E-state index is -0.604. The van der Waals surface area contributed by atoms with Gasteiger partial charge in [0.05, 0.1) is 0 Å². The van der Waals surface area contributed by atoms with Crippen molar-refractivity contribution in [3.63, 3.8) is 0 Å². The van der Waals surface area contributed by atoms with E-state index in [9.17, 15) is 14.4 Å². The Labute approximate surface area is 192 Å². The van der Waals surface area contributed by atoms with Crippen LogP contribution in [-0.2, 0) is 19.1 Å². The van der Waals surface area contributed by atoms with E-state index >= 15 is 0 Å². The highest BCUT2D eigenvalue weighted by molar-refractivity contribution is 5.90. The number of hydrogen-bond donors (Lipinski definition) is 0. The minimum absolute atomic E-state index is 0.00564. The van der Waals surface area contributed by atoms with E-state index < -0.39 is 17.9 Å². The van der Waals surface area contributed by atoms with E-state index in [4.69, 9.17) is 18.9 Å². The molecule has 0 fully saturated rings. The molecule has 0 aliphatic rings. The van der Waals surface area contributed by atoms with Crippen LogP contribution in [0.2, 0.25) is 0 Å². The topological polar surface area (TPSA) is 88.1 Å². The third kappa shape index (κ3) is 7.50. The van der Waals surface area contributed by atoms with Crippen LogP contribution in [0.3, 0.4) is 0 Å². The maximum atomic E-state index is 12.1. The highest BCUT2D eigenvalue weighted by atomic mass is 16.6. The monoisotopic (exact) mass is 450 g/mol. The van der Waals surface area contributed by atoms with Gasteiger partial charge in [0, 0.05) is 16.7 Å². The van der Waals surface area contributed by atoms with E-state index in [0.717, 1.165) is 11.1 Å². The number of carbonyl (C=O) groups excluding carboxylic acids is 3. The fraction of sp³-hybridized carbons (Fsp3) is 0.192. The molecule has 2 aromatic carbocycles. The molecule has 2 rings (SSSR count). The molecule has 7 nitrogen and oxygen atoms in total. The molecule has 0 saturated heterocycles. The van der Waals surface area contributed by atoms with Crippen molar-refractivity contribution in [2.24, 2.45) is 0 Å². The molecule has 0 bridgehead atoms. The van der Waals surface area contributed by atoms with Crippen LogP contribution in [0.25, 0.3) is 11.1 Å². The molecule has 0 N–H and O–H groups in total. The molecule has 0 amide bonds. The lowest BCUT2D eigenvalue weighted by Gasteiger charge is -2.14. The Morgan fingerprint density at radius 3 is 1.79 bits per heavy atom. The van der Waals surface area contributed by atoms with Gasteiger partial charge in [-0.2, -0.15) is 0 Å². The molecule has 0 aromatic heterocycles. The maximum Gasteiger partial charge on any atom is 0.338 e. The highest BCUT2D eigenvalue weighted by Crippen LogP contribution is 2.34. The quantitative estimate of drug-likeness (QED) is 0.222. The SMILES string of the molecule is C=C(C)C(=O)OCCOc1ccc(-c2ccc(OC(=O)C(=C)C)cc2)cc1OC(=O)C(=C)C. The maximum absolute atomic E-state index is 12.1. The van der Waals surface area contributed by atoms with Crippen molar-refractivity contribution in [3.8, 4) is 28.4 Å². The Hall–Kier alpha value is -4.13. The molecule has 7 heteroatoms. The first kappa shape index (κ1) is 25.1. The average Bonchev–Trinajstić information content (AvgIpc) is 2.77. The Balaban J connectivity index is 2.21. The van der Waals surface area contributed by atoms with Crippen molar-refractivity contribution < 1.29 is 33.3 Å². The minimum Gasteiger partial charge on any atom is -0.486 e. The predicted octanol–water partition coefficient (Wildman–Crippen LogP) is 4.81. The summed E-state index contributed by atoms with van der Waals surface area (Å²) in [6.07, 6.45) is 0. The molecule has 33 heavy (non-hydrogen) atoms. The lowest BCUT2D eigenvalue weighted by molar-refractivity contribution is -0.139. The predicted molar refractivity (Wildman–Crippen MR) is 124 cm³/mol. The second-order valence-corrected chi connectivity index (χ2v) is 7.29. The molecule has 0 aliphatic heterocycles. The first-order valence-corrected chi connectivity index (χ1v) is 10.0. The van der Waals surface area contributed by atoms with Gasteiger partial charge in [0.15, 0.2) is 11.5 Å². The van der Waals surface area contributed by atoms with Crippen molar-refractivity contribution in [3.05, 3.63) is 78.9 Å². The summed E-state index contributed by atoms with van der Waals surface area (Å²) >= 11 is 0. The van der Waals surface area contributed by atoms with E-state index in [2.05, 4.69) is 19.7 Å². The Morgan fingerprint density at radius 1 is 0.667 bits per heavy atom. The van der Waals surface area contributed by atoms with Crippen LogP contribution in [-0.4, -0.2) is 31.1 Å². The summed E-state index contributed by atoms with van der Waals surface area (Å²) in [7, 11) is 0. The van der Waals surface area contributed by atoms with E-state index in [1.54, 1.807) is 56.3 Å². The van der Waals surface area contributed by atoms with E-state index in [1.165, 1.54) is 6.92 Å². The lowest BCUT2D eigenvalue weighted by atomic mass is 10.0. The van der Waals surface area contributed by atoms with E-state index in [1.807, 2.05) is 0 Å². The molecule has 172 valence electrons. The molecule has 0 radical (unpaired) electrons. The molecule has 0 atom stereocenters. The summed E-state index contributed by atoms with van der Waals surface area (Å²) in [5.74, 6) is -0.763. The molecule has 0 saturated carbocycles. The molecular formula is C26H26O7. The molecule has 0 heterocycles. The molecule has 0 spiro atoms. The summed E-state index contributed by atoms with van der Waals surface area (Å²) in [4.78, 5) is 35.2. The molecule has 2 aromatic rings. The zero-order valence-electron chi connectivity index (χ0n) is 18.9.